The molecular formula is C27H27FN8O3. The highest BCUT2D eigenvalue weighted by Crippen LogP contribution is 2.32. The molecule has 12 heteroatoms. The zero-order valence-electron chi connectivity index (χ0n) is 21.2. The van der Waals surface area contributed by atoms with E-state index in [9.17, 15) is 9.50 Å². The number of aliphatic hydroxyl groups excluding tert-OH is 1. The number of benzene rings is 1. The van der Waals surface area contributed by atoms with E-state index in [0.717, 1.165) is 16.9 Å². The largest absolute Gasteiger partial charge is 0.388 e. The summed E-state index contributed by atoms with van der Waals surface area (Å²) in [5.41, 5.74) is 2.84. The van der Waals surface area contributed by atoms with Crippen LogP contribution in [0.15, 0.2) is 73.7 Å². The van der Waals surface area contributed by atoms with Gasteiger partial charge in [-0.3, -0.25) is 4.57 Å². The smallest absolute Gasteiger partial charge is 0.167 e. The number of anilines is 1. The number of hydrogen-bond acceptors (Lipinski definition) is 9. The monoisotopic (exact) mass is 530 g/mol. The zero-order chi connectivity index (χ0) is 26.8. The van der Waals surface area contributed by atoms with Crippen LogP contribution in [0.4, 0.5) is 10.2 Å². The van der Waals surface area contributed by atoms with Gasteiger partial charge in [-0.1, -0.05) is 18.2 Å². The topological polar surface area (TPSA) is 116 Å². The Labute approximate surface area is 223 Å². The van der Waals surface area contributed by atoms with Gasteiger partial charge in [0.2, 0.25) is 0 Å². The number of ether oxygens (including phenoxy) is 2. The molecule has 200 valence electrons. The molecule has 1 N–H and O–H groups in total. The third-order valence-electron chi connectivity index (χ3n) is 6.57. The van der Waals surface area contributed by atoms with Crippen molar-refractivity contribution in [1.82, 2.24) is 34.3 Å². The molecule has 1 aliphatic rings. The average molecular weight is 531 g/mol. The fraction of sp³-hybridized carbons (Fsp3) is 0.296. The molecule has 0 radical (unpaired) electrons. The average Bonchev–Trinajstić information content (AvgIpc) is 3.69. The fourth-order valence-corrected chi connectivity index (χ4v) is 4.73. The van der Waals surface area contributed by atoms with Crippen LogP contribution >= 0.6 is 0 Å². The van der Waals surface area contributed by atoms with Gasteiger partial charge in [-0.25, -0.2) is 29.0 Å². The van der Waals surface area contributed by atoms with Crippen LogP contribution in [0.1, 0.15) is 23.8 Å². The maximum absolute atomic E-state index is 13.6. The molecule has 5 heterocycles. The number of nitrogens with zero attached hydrogens (tertiary/aromatic N) is 8. The molecule has 0 spiro atoms. The van der Waals surface area contributed by atoms with Gasteiger partial charge < -0.3 is 19.5 Å². The number of halogens is 1. The second-order valence-corrected chi connectivity index (χ2v) is 9.45. The highest BCUT2D eigenvalue weighted by Gasteiger charge is 2.36. The highest BCUT2D eigenvalue weighted by molar-refractivity contribution is 5.83. The summed E-state index contributed by atoms with van der Waals surface area (Å²) < 4.78 is 29.1. The Bertz CT molecular complexity index is 1540. The van der Waals surface area contributed by atoms with Crippen LogP contribution in [0.3, 0.4) is 0 Å². The van der Waals surface area contributed by atoms with Gasteiger partial charge in [0.25, 0.3) is 0 Å². The fourth-order valence-electron chi connectivity index (χ4n) is 4.73. The molecule has 0 saturated carbocycles. The van der Waals surface area contributed by atoms with Crippen molar-refractivity contribution in [3.8, 4) is 5.82 Å². The van der Waals surface area contributed by atoms with Crippen LogP contribution in [0, 0.1) is 5.82 Å². The molecule has 1 aliphatic heterocycles. The van der Waals surface area contributed by atoms with Crippen molar-refractivity contribution in [2.24, 2.45) is 0 Å². The molecular weight excluding hydrogens is 503 g/mol. The van der Waals surface area contributed by atoms with Gasteiger partial charge in [0.15, 0.2) is 29.0 Å². The van der Waals surface area contributed by atoms with Crippen LogP contribution in [-0.4, -0.2) is 65.3 Å². The predicted molar refractivity (Wildman–Crippen MR) is 139 cm³/mol. The lowest BCUT2D eigenvalue weighted by Crippen LogP contribution is -2.20. The summed E-state index contributed by atoms with van der Waals surface area (Å²) in [6.45, 7) is 1.13. The van der Waals surface area contributed by atoms with Crippen LogP contribution in [0.25, 0.3) is 17.0 Å². The van der Waals surface area contributed by atoms with Gasteiger partial charge in [0.1, 0.15) is 18.2 Å². The van der Waals surface area contributed by atoms with Gasteiger partial charge >= 0.3 is 0 Å². The maximum atomic E-state index is 13.6. The summed E-state index contributed by atoms with van der Waals surface area (Å²) >= 11 is 0. The van der Waals surface area contributed by atoms with Gasteiger partial charge in [-0.2, -0.15) is 5.10 Å². The van der Waals surface area contributed by atoms with Crippen molar-refractivity contribution in [1.29, 1.82) is 0 Å². The first-order chi connectivity index (χ1) is 19.0. The number of rotatable bonds is 9. The van der Waals surface area contributed by atoms with Crippen LogP contribution in [0.2, 0.25) is 0 Å². The van der Waals surface area contributed by atoms with E-state index < -0.39 is 12.3 Å². The summed E-state index contributed by atoms with van der Waals surface area (Å²) in [7, 11) is 1.86. The lowest BCUT2D eigenvalue weighted by molar-refractivity contribution is -0.0624. The number of aromatic nitrogens is 7. The van der Waals surface area contributed by atoms with E-state index in [1.165, 1.54) is 18.5 Å². The quantitative estimate of drug-likeness (QED) is 0.307. The minimum absolute atomic E-state index is 0.288. The van der Waals surface area contributed by atoms with E-state index in [2.05, 4.69) is 25.0 Å². The molecule has 39 heavy (non-hydrogen) atoms. The Hall–Kier alpha value is -4.26. The first-order valence-corrected chi connectivity index (χ1v) is 12.5. The van der Waals surface area contributed by atoms with Crippen LogP contribution in [-0.2, 0) is 22.6 Å². The molecule has 11 nitrogen and oxygen atoms in total. The van der Waals surface area contributed by atoms with Crippen molar-refractivity contribution in [2.75, 3.05) is 18.6 Å². The number of fused-ring (bicyclic) bond motifs is 1. The van der Waals surface area contributed by atoms with E-state index >= 15 is 0 Å². The van der Waals surface area contributed by atoms with Crippen molar-refractivity contribution in [2.45, 2.75) is 38.0 Å². The summed E-state index contributed by atoms with van der Waals surface area (Å²) in [4.78, 5) is 19.6. The Balaban J connectivity index is 1.09. The summed E-state index contributed by atoms with van der Waals surface area (Å²) in [5, 5.41) is 15.0. The zero-order valence-corrected chi connectivity index (χ0v) is 21.2. The lowest BCUT2D eigenvalue weighted by atomic mass is 10.2. The molecule has 6 rings (SSSR count). The third kappa shape index (κ3) is 5.35. The lowest BCUT2D eigenvalue weighted by Gasteiger charge is -2.19. The molecule has 0 aliphatic carbocycles. The maximum Gasteiger partial charge on any atom is 0.167 e. The molecule has 3 atom stereocenters. The molecule has 0 unspecified atom stereocenters. The first kappa shape index (κ1) is 25.0. The molecule has 4 aromatic heterocycles. The van der Waals surface area contributed by atoms with Crippen molar-refractivity contribution < 1.29 is 19.0 Å². The van der Waals surface area contributed by atoms with E-state index in [1.54, 1.807) is 34.0 Å². The number of hydrogen-bond donors (Lipinski definition) is 1. The minimum atomic E-state index is -0.755. The summed E-state index contributed by atoms with van der Waals surface area (Å²) in [5.74, 6) is 1.04. The second kappa shape index (κ2) is 10.8. The summed E-state index contributed by atoms with van der Waals surface area (Å²) in [6.07, 6.45) is 7.05. The van der Waals surface area contributed by atoms with E-state index in [4.69, 9.17) is 9.47 Å². The third-order valence-corrected chi connectivity index (χ3v) is 6.57. The van der Waals surface area contributed by atoms with Crippen molar-refractivity contribution >= 4 is 17.0 Å². The van der Waals surface area contributed by atoms with Gasteiger partial charge in [0, 0.05) is 38.6 Å². The van der Waals surface area contributed by atoms with Gasteiger partial charge in [-0.15, -0.1) is 0 Å². The molecule has 0 bridgehead atoms. The normalized spacial score (nSPS) is 19.1. The Morgan fingerprint density at radius 3 is 2.85 bits per heavy atom. The molecule has 0 amide bonds. The van der Waals surface area contributed by atoms with Crippen LogP contribution in [0.5, 0.6) is 0 Å². The Morgan fingerprint density at radius 2 is 2.05 bits per heavy atom. The molecule has 1 fully saturated rings. The summed E-state index contributed by atoms with van der Waals surface area (Å²) in [6, 6.07) is 12.1. The van der Waals surface area contributed by atoms with Gasteiger partial charge in [0.05, 0.1) is 25.6 Å². The number of imidazole rings is 1. The van der Waals surface area contributed by atoms with Crippen molar-refractivity contribution in [3.63, 3.8) is 0 Å². The minimum Gasteiger partial charge on any atom is -0.388 e. The van der Waals surface area contributed by atoms with Crippen LogP contribution < -0.4 is 4.90 Å². The first-order valence-electron chi connectivity index (χ1n) is 12.5. The second-order valence-electron chi connectivity index (χ2n) is 9.45. The standard InChI is InChI=1S/C27H27FN8O3/c1-34(13-18-4-2-5-20(28)10-18)25-24-26(31-16-30-25)35(17-32-24)27-22(37)11-21(39-27)15-38-14-19-6-7-23(29-12-19)36-9-3-8-33-36/h2-10,12,16-17,21-22,27,37H,11,13-15H2,1H3/t21-,22+,27+/m0/s1. The number of pyridine rings is 1. The van der Waals surface area contributed by atoms with E-state index in [1.807, 2.05) is 42.4 Å². The molecule has 1 aromatic carbocycles. The highest BCUT2D eigenvalue weighted by atomic mass is 19.1. The van der Waals surface area contributed by atoms with E-state index in [-0.39, 0.29) is 11.9 Å². The van der Waals surface area contributed by atoms with Gasteiger partial charge in [-0.05, 0) is 35.4 Å². The molecule has 5 aromatic rings. The Morgan fingerprint density at radius 1 is 1.13 bits per heavy atom. The predicted octanol–water partition coefficient (Wildman–Crippen LogP) is 3.05. The Kier molecular flexibility index (Phi) is 6.97. The van der Waals surface area contributed by atoms with E-state index in [0.29, 0.717) is 43.2 Å². The number of aliphatic hydroxyl groups is 1. The van der Waals surface area contributed by atoms with Crippen molar-refractivity contribution in [3.05, 3.63) is 90.7 Å². The SMILES string of the molecule is CN(Cc1cccc(F)c1)c1ncnc2c1ncn2[C@@H]1O[C@H](COCc2ccc(-n3cccn3)nc2)C[C@H]1O. The molecule has 1 saturated heterocycles.